The van der Waals surface area contributed by atoms with Crippen LogP contribution < -0.4 is 5.32 Å². The van der Waals surface area contributed by atoms with Crippen molar-refractivity contribution in [2.24, 2.45) is 0 Å². The predicted molar refractivity (Wildman–Crippen MR) is 108 cm³/mol. The van der Waals surface area contributed by atoms with Crippen LogP contribution in [-0.4, -0.2) is 38.8 Å². The molecule has 0 spiro atoms. The van der Waals surface area contributed by atoms with Gasteiger partial charge in [0.1, 0.15) is 12.1 Å². The molecule has 0 saturated heterocycles. The van der Waals surface area contributed by atoms with E-state index in [9.17, 15) is 4.79 Å². The second-order valence-electron chi connectivity index (χ2n) is 7.06. The van der Waals surface area contributed by atoms with Gasteiger partial charge in [0, 0.05) is 31.0 Å². The summed E-state index contributed by atoms with van der Waals surface area (Å²) in [6.45, 7) is 4.14. The van der Waals surface area contributed by atoms with Gasteiger partial charge in [-0.25, -0.2) is 9.97 Å². The van der Waals surface area contributed by atoms with Crippen LogP contribution in [0.25, 0.3) is 0 Å². The quantitative estimate of drug-likeness (QED) is 0.743. The third-order valence-corrected chi connectivity index (χ3v) is 5.15. The zero-order valence-electron chi connectivity index (χ0n) is 15.9. The van der Waals surface area contributed by atoms with Gasteiger partial charge in [-0.3, -0.25) is 9.78 Å². The molecule has 4 rings (SSSR count). The Kier molecular flexibility index (Phi) is 5.28. The molecule has 0 aliphatic carbocycles. The number of nitrogens with one attached hydrogen (secondary N) is 1. The Morgan fingerprint density at radius 2 is 2.04 bits per heavy atom. The number of rotatable bonds is 5. The van der Waals surface area contributed by atoms with Crippen LogP contribution in [-0.2, 0) is 13.0 Å². The highest BCUT2D eigenvalue weighted by atomic mass is 16.2. The van der Waals surface area contributed by atoms with E-state index in [0.29, 0.717) is 24.6 Å². The highest BCUT2D eigenvalue weighted by Gasteiger charge is 2.25. The van der Waals surface area contributed by atoms with E-state index in [1.54, 1.807) is 30.9 Å². The van der Waals surface area contributed by atoms with Crippen molar-refractivity contribution in [3.8, 4) is 0 Å². The van der Waals surface area contributed by atoms with Gasteiger partial charge in [-0.15, -0.1) is 0 Å². The Bertz CT molecular complexity index is 946. The molecule has 3 aromatic rings. The zero-order chi connectivity index (χ0) is 19.3. The van der Waals surface area contributed by atoms with Crippen LogP contribution in [0.5, 0.6) is 0 Å². The fraction of sp³-hybridized carbons (Fsp3) is 0.273. The number of amides is 1. The zero-order valence-corrected chi connectivity index (χ0v) is 15.9. The van der Waals surface area contributed by atoms with E-state index in [0.717, 1.165) is 30.0 Å². The van der Waals surface area contributed by atoms with Gasteiger partial charge in [0.05, 0.1) is 17.8 Å². The van der Waals surface area contributed by atoms with Crippen LogP contribution >= 0.6 is 0 Å². The van der Waals surface area contributed by atoms with E-state index in [-0.39, 0.29) is 5.91 Å². The second kappa shape index (κ2) is 8.17. The summed E-state index contributed by atoms with van der Waals surface area (Å²) in [5.74, 6) is 1.24. The molecule has 6 nitrogen and oxygen atoms in total. The smallest absolute Gasteiger partial charge is 0.255 e. The maximum absolute atomic E-state index is 12.7. The van der Waals surface area contributed by atoms with Gasteiger partial charge in [0.2, 0.25) is 0 Å². The van der Waals surface area contributed by atoms with E-state index in [1.807, 2.05) is 11.0 Å². The Morgan fingerprint density at radius 3 is 2.82 bits per heavy atom. The molecule has 1 aliphatic rings. The van der Waals surface area contributed by atoms with Crippen LogP contribution in [0.3, 0.4) is 0 Å². The molecule has 3 heterocycles. The van der Waals surface area contributed by atoms with Crippen LogP contribution in [0.4, 0.5) is 5.82 Å². The molecule has 0 fully saturated rings. The first-order valence-electron chi connectivity index (χ1n) is 9.53. The average molecular weight is 373 g/mol. The molecule has 1 amide bonds. The standard InChI is InChI=1S/C22H23N5O/c1-16(17-6-3-2-4-7-17)12-24-21-19-9-11-27(14-20(19)25-15-26-21)22(28)18-8-5-10-23-13-18/h2-8,10,13,15-16H,9,11-12,14H2,1H3,(H,24,25,26). The van der Waals surface area contributed by atoms with E-state index >= 15 is 0 Å². The molecule has 1 unspecified atom stereocenters. The number of carbonyl (C=O) groups excluding carboxylic acids is 1. The molecule has 0 radical (unpaired) electrons. The van der Waals surface area contributed by atoms with Gasteiger partial charge >= 0.3 is 0 Å². The molecule has 0 saturated carbocycles. The fourth-order valence-electron chi connectivity index (χ4n) is 3.50. The minimum absolute atomic E-state index is 0.00966. The summed E-state index contributed by atoms with van der Waals surface area (Å²) in [5.41, 5.74) is 3.92. The van der Waals surface area contributed by atoms with Crippen LogP contribution in [0, 0.1) is 0 Å². The fourth-order valence-corrected chi connectivity index (χ4v) is 3.50. The number of pyridine rings is 1. The summed E-state index contributed by atoms with van der Waals surface area (Å²) < 4.78 is 0. The minimum Gasteiger partial charge on any atom is -0.369 e. The number of fused-ring (bicyclic) bond motifs is 1. The van der Waals surface area contributed by atoms with Crippen molar-refractivity contribution in [1.29, 1.82) is 0 Å². The van der Waals surface area contributed by atoms with Crippen LogP contribution in [0.2, 0.25) is 0 Å². The molecule has 28 heavy (non-hydrogen) atoms. The molecule has 142 valence electrons. The van der Waals surface area contributed by atoms with E-state index in [1.165, 1.54) is 5.56 Å². The summed E-state index contributed by atoms with van der Waals surface area (Å²) in [6, 6.07) is 14.0. The molecule has 1 aromatic carbocycles. The molecule has 2 aromatic heterocycles. The third-order valence-electron chi connectivity index (χ3n) is 5.15. The van der Waals surface area contributed by atoms with Gasteiger partial charge in [0.15, 0.2) is 0 Å². The van der Waals surface area contributed by atoms with Gasteiger partial charge < -0.3 is 10.2 Å². The first kappa shape index (κ1) is 18.1. The van der Waals surface area contributed by atoms with Crippen LogP contribution in [0.15, 0.2) is 61.2 Å². The molecular formula is C22H23N5O. The first-order valence-corrected chi connectivity index (χ1v) is 9.53. The SMILES string of the molecule is CC(CNc1ncnc2c1CCN(C(=O)c1cccnc1)C2)c1ccccc1. The highest BCUT2D eigenvalue weighted by Crippen LogP contribution is 2.24. The number of hydrogen-bond donors (Lipinski definition) is 1. The average Bonchev–Trinajstić information content (AvgIpc) is 2.77. The highest BCUT2D eigenvalue weighted by molar-refractivity contribution is 5.94. The third kappa shape index (κ3) is 3.86. The molecule has 0 bridgehead atoms. The summed E-state index contributed by atoms with van der Waals surface area (Å²) in [6.07, 6.45) is 5.59. The lowest BCUT2D eigenvalue weighted by Gasteiger charge is -2.29. The summed E-state index contributed by atoms with van der Waals surface area (Å²) in [4.78, 5) is 27.4. The van der Waals surface area contributed by atoms with Crippen molar-refractivity contribution < 1.29 is 4.79 Å². The van der Waals surface area contributed by atoms with Gasteiger partial charge in [-0.05, 0) is 30.0 Å². The number of anilines is 1. The monoisotopic (exact) mass is 373 g/mol. The summed E-state index contributed by atoms with van der Waals surface area (Å²) >= 11 is 0. The number of aromatic nitrogens is 3. The Balaban J connectivity index is 1.45. The Labute approximate surface area is 164 Å². The summed E-state index contributed by atoms with van der Waals surface area (Å²) in [5, 5.41) is 3.48. The minimum atomic E-state index is -0.00966. The summed E-state index contributed by atoms with van der Waals surface area (Å²) in [7, 11) is 0. The maximum Gasteiger partial charge on any atom is 0.255 e. The van der Waals surface area contributed by atoms with E-state index < -0.39 is 0 Å². The van der Waals surface area contributed by atoms with Crippen molar-refractivity contribution in [2.75, 3.05) is 18.4 Å². The molecule has 1 atom stereocenters. The van der Waals surface area contributed by atoms with E-state index in [2.05, 4.69) is 51.5 Å². The van der Waals surface area contributed by atoms with Gasteiger partial charge in [-0.1, -0.05) is 37.3 Å². The topological polar surface area (TPSA) is 71.0 Å². The Hall–Kier alpha value is -3.28. The Morgan fingerprint density at radius 1 is 1.18 bits per heavy atom. The van der Waals surface area contributed by atoms with Crippen molar-refractivity contribution in [3.63, 3.8) is 0 Å². The molecule has 6 heteroatoms. The van der Waals surface area contributed by atoms with Crippen molar-refractivity contribution in [3.05, 3.63) is 83.6 Å². The van der Waals surface area contributed by atoms with E-state index in [4.69, 9.17) is 0 Å². The molecule has 1 N–H and O–H groups in total. The lowest BCUT2D eigenvalue weighted by Crippen LogP contribution is -2.37. The van der Waals surface area contributed by atoms with Crippen molar-refractivity contribution >= 4 is 11.7 Å². The number of hydrogen-bond acceptors (Lipinski definition) is 5. The second-order valence-corrected chi connectivity index (χ2v) is 7.06. The normalized spacial score (nSPS) is 14.2. The van der Waals surface area contributed by atoms with Crippen molar-refractivity contribution in [1.82, 2.24) is 19.9 Å². The maximum atomic E-state index is 12.7. The van der Waals surface area contributed by atoms with Crippen LogP contribution in [0.1, 0.15) is 40.0 Å². The lowest BCUT2D eigenvalue weighted by atomic mass is 10.0. The number of nitrogens with zero attached hydrogens (tertiary/aromatic N) is 4. The first-order chi connectivity index (χ1) is 13.7. The number of benzene rings is 1. The van der Waals surface area contributed by atoms with Gasteiger partial charge in [-0.2, -0.15) is 0 Å². The van der Waals surface area contributed by atoms with Gasteiger partial charge in [0.25, 0.3) is 5.91 Å². The number of carbonyl (C=O) groups is 1. The van der Waals surface area contributed by atoms with Crippen molar-refractivity contribution in [2.45, 2.75) is 25.8 Å². The largest absolute Gasteiger partial charge is 0.369 e. The lowest BCUT2D eigenvalue weighted by molar-refractivity contribution is 0.0731. The molecule has 1 aliphatic heterocycles. The predicted octanol–water partition coefficient (Wildman–Crippen LogP) is 3.29. The molecular weight excluding hydrogens is 350 g/mol.